The number of rotatable bonds is 6. The number of aliphatic hydroxyl groups is 1. The summed E-state index contributed by atoms with van der Waals surface area (Å²) in [4.78, 5) is 2.37. The monoisotopic (exact) mass is 232 g/mol. The number of hydrogen-bond donors (Lipinski definition) is 2. The maximum Gasteiger partial charge on any atom is 0.0791 e. The third kappa shape index (κ3) is 5.76. The summed E-state index contributed by atoms with van der Waals surface area (Å²) >= 11 is 2.03. The van der Waals surface area contributed by atoms with Crippen LogP contribution in [0.4, 0.5) is 0 Å². The van der Waals surface area contributed by atoms with Crippen molar-refractivity contribution < 1.29 is 5.11 Å². The van der Waals surface area contributed by atoms with Gasteiger partial charge in [-0.25, -0.2) is 0 Å². The van der Waals surface area contributed by atoms with E-state index in [-0.39, 0.29) is 6.10 Å². The molecule has 1 fully saturated rings. The Hall–Kier alpha value is 0.230. The molecule has 1 aliphatic heterocycles. The molecule has 1 aliphatic rings. The van der Waals surface area contributed by atoms with Crippen LogP contribution in [0.15, 0.2) is 0 Å². The van der Waals surface area contributed by atoms with E-state index in [1.807, 2.05) is 11.8 Å². The summed E-state index contributed by atoms with van der Waals surface area (Å²) in [6, 6.07) is 0. The Morgan fingerprint density at radius 3 is 3.07 bits per heavy atom. The molecule has 1 heterocycles. The number of β-amino-alcohol motifs (C(OH)–C–C–N with tert-alkyl or cyclic N) is 1. The molecule has 0 amide bonds. The number of nitrogens with zero attached hydrogens (tertiary/aromatic N) is 1. The van der Waals surface area contributed by atoms with Crippen LogP contribution in [0.5, 0.6) is 0 Å². The number of aliphatic hydroxyl groups excluding tert-OH is 1. The minimum Gasteiger partial charge on any atom is -0.390 e. The second kappa shape index (κ2) is 7.49. The molecule has 0 aliphatic carbocycles. The zero-order valence-electron chi connectivity index (χ0n) is 9.91. The highest BCUT2D eigenvalue weighted by atomic mass is 32.2. The minimum atomic E-state index is -0.216. The van der Waals surface area contributed by atoms with Crippen molar-refractivity contribution in [2.24, 2.45) is 0 Å². The van der Waals surface area contributed by atoms with Gasteiger partial charge in [-0.05, 0) is 13.0 Å². The van der Waals surface area contributed by atoms with Gasteiger partial charge in [0.25, 0.3) is 0 Å². The quantitative estimate of drug-likeness (QED) is 0.664. The van der Waals surface area contributed by atoms with Crippen LogP contribution in [0, 0.1) is 0 Å². The van der Waals surface area contributed by atoms with Crippen molar-refractivity contribution in [1.29, 1.82) is 0 Å². The van der Waals surface area contributed by atoms with E-state index in [0.717, 1.165) is 44.4 Å². The molecule has 0 aromatic rings. The Morgan fingerprint density at radius 1 is 1.60 bits per heavy atom. The molecule has 1 saturated heterocycles. The topological polar surface area (TPSA) is 35.5 Å². The van der Waals surface area contributed by atoms with Gasteiger partial charge in [-0.1, -0.05) is 13.8 Å². The first kappa shape index (κ1) is 13.3. The summed E-state index contributed by atoms with van der Waals surface area (Å²) < 4.78 is 0. The minimum absolute atomic E-state index is 0.216. The maximum atomic E-state index is 9.80. The van der Waals surface area contributed by atoms with E-state index in [9.17, 15) is 5.11 Å². The zero-order chi connectivity index (χ0) is 11.1. The fourth-order valence-electron chi connectivity index (χ4n) is 1.86. The molecule has 0 radical (unpaired) electrons. The smallest absolute Gasteiger partial charge is 0.0791 e. The van der Waals surface area contributed by atoms with Gasteiger partial charge in [0.2, 0.25) is 0 Å². The average Bonchev–Trinajstić information content (AvgIpc) is 2.18. The second-order valence-corrected chi connectivity index (χ2v) is 5.85. The van der Waals surface area contributed by atoms with Gasteiger partial charge in [-0.3, -0.25) is 4.90 Å². The summed E-state index contributed by atoms with van der Waals surface area (Å²) in [6.07, 6.45) is 0.913. The first-order valence-electron chi connectivity index (χ1n) is 5.95. The van der Waals surface area contributed by atoms with Gasteiger partial charge in [0.15, 0.2) is 0 Å². The predicted molar refractivity (Wildman–Crippen MR) is 67.5 cm³/mol. The Balaban J connectivity index is 2.10. The highest BCUT2D eigenvalue weighted by Gasteiger charge is 2.18. The summed E-state index contributed by atoms with van der Waals surface area (Å²) in [7, 11) is 0. The molecule has 2 unspecified atom stereocenters. The molecule has 0 aromatic heterocycles. The summed E-state index contributed by atoms with van der Waals surface area (Å²) in [5, 5.41) is 13.8. The van der Waals surface area contributed by atoms with Crippen LogP contribution in [-0.4, -0.2) is 59.8 Å². The highest BCUT2D eigenvalue weighted by Crippen LogP contribution is 2.17. The lowest BCUT2D eigenvalue weighted by molar-refractivity contribution is 0.114. The van der Waals surface area contributed by atoms with Gasteiger partial charge in [-0.15, -0.1) is 0 Å². The van der Waals surface area contributed by atoms with Crippen molar-refractivity contribution in [3.8, 4) is 0 Å². The Labute approximate surface area is 97.6 Å². The van der Waals surface area contributed by atoms with E-state index < -0.39 is 0 Å². The van der Waals surface area contributed by atoms with Crippen LogP contribution < -0.4 is 5.32 Å². The second-order valence-electron chi connectivity index (χ2n) is 4.30. The van der Waals surface area contributed by atoms with Crippen LogP contribution in [-0.2, 0) is 0 Å². The van der Waals surface area contributed by atoms with Crippen LogP contribution in [0.1, 0.15) is 20.3 Å². The molecule has 3 nitrogen and oxygen atoms in total. The molecule has 0 bridgehead atoms. The molecule has 0 spiro atoms. The third-order valence-corrected chi connectivity index (χ3v) is 3.74. The fraction of sp³-hybridized carbons (Fsp3) is 1.00. The highest BCUT2D eigenvalue weighted by molar-refractivity contribution is 7.99. The van der Waals surface area contributed by atoms with E-state index in [2.05, 4.69) is 24.1 Å². The zero-order valence-corrected chi connectivity index (χ0v) is 10.7. The van der Waals surface area contributed by atoms with Crippen LogP contribution >= 0.6 is 11.8 Å². The molecule has 2 atom stereocenters. The molecule has 15 heavy (non-hydrogen) atoms. The first-order valence-corrected chi connectivity index (χ1v) is 7.00. The van der Waals surface area contributed by atoms with Crippen molar-refractivity contribution in [2.75, 3.05) is 38.5 Å². The molecule has 1 rings (SSSR count). The molecular formula is C11H24N2OS. The van der Waals surface area contributed by atoms with Gasteiger partial charge in [-0.2, -0.15) is 11.8 Å². The summed E-state index contributed by atoms with van der Waals surface area (Å²) in [6.45, 7) is 9.20. The first-order chi connectivity index (χ1) is 7.22. The van der Waals surface area contributed by atoms with Crippen LogP contribution in [0.25, 0.3) is 0 Å². The standard InChI is InChI=1S/C11H24N2OS/c1-3-4-12-7-11(14)9-13-5-6-15-10(2)8-13/h10-12,14H,3-9H2,1-2H3. The molecule has 0 aromatic carbocycles. The number of nitrogens with one attached hydrogen (secondary N) is 1. The van der Waals surface area contributed by atoms with Crippen molar-refractivity contribution in [2.45, 2.75) is 31.6 Å². The fourth-order valence-corrected chi connectivity index (χ4v) is 2.95. The normalized spacial score (nSPS) is 25.4. The van der Waals surface area contributed by atoms with E-state index >= 15 is 0 Å². The van der Waals surface area contributed by atoms with E-state index in [1.54, 1.807) is 0 Å². The molecular weight excluding hydrogens is 208 g/mol. The van der Waals surface area contributed by atoms with Crippen molar-refractivity contribution in [1.82, 2.24) is 10.2 Å². The Bertz CT molecular complexity index is 169. The Morgan fingerprint density at radius 2 is 2.40 bits per heavy atom. The summed E-state index contributed by atoms with van der Waals surface area (Å²) in [5.41, 5.74) is 0. The lowest BCUT2D eigenvalue weighted by Crippen LogP contribution is -2.44. The molecule has 2 N–H and O–H groups in total. The Kier molecular flexibility index (Phi) is 6.64. The lowest BCUT2D eigenvalue weighted by Gasteiger charge is -2.31. The SMILES string of the molecule is CCCNCC(O)CN1CCSC(C)C1. The average molecular weight is 232 g/mol. The lowest BCUT2D eigenvalue weighted by atomic mass is 10.3. The number of hydrogen-bond acceptors (Lipinski definition) is 4. The van der Waals surface area contributed by atoms with Gasteiger partial charge in [0.1, 0.15) is 0 Å². The van der Waals surface area contributed by atoms with Crippen molar-refractivity contribution >= 4 is 11.8 Å². The summed E-state index contributed by atoms with van der Waals surface area (Å²) in [5.74, 6) is 1.20. The van der Waals surface area contributed by atoms with Crippen molar-refractivity contribution in [3.63, 3.8) is 0 Å². The van der Waals surface area contributed by atoms with Crippen molar-refractivity contribution in [3.05, 3.63) is 0 Å². The van der Waals surface area contributed by atoms with E-state index in [4.69, 9.17) is 0 Å². The van der Waals surface area contributed by atoms with Gasteiger partial charge >= 0.3 is 0 Å². The molecule has 4 heteroatoms. The van der Waals surface area contributed by atoms with Gasteiger partial charge in [0.05, 0.1) is 6.10 Å². The number of thioether (sulfide) groups is 1. The van der Waals surface area contributed by atoms with Gasteiger partial charge in [0, 0.05) is 37.2 Å². The van der Waals surface area contributed by atoms with Gasteiger partial charge < -0.3 is 10.4 Å². The molecule has 0 saturated carbocycles. The van der Waals surface area contributed by atoms with Crippen LogP contribution in [0.2, 0.25) is 0 Å². The largest absolute Gasteiger partial charge is 0.390 e. The maximum absolute atomic E-state index is 9.80. The van der Waals surface area contributed by atoms with E-state index in [1.165, 1.54) is 5.75 Å². The van der Waals surface area contributed by atoms with Crippen LogP contribution in [0.3, 0.4) is 0 Å². The third-order valence-electron chi connectivity index (χ3n) is 2.60. The predicted octanol–water partition coefficient (Wildman–Crippen LogP) is 0.784. The molecule has 90 valence electrons. The van der Waals surface area contributed by atoms with E-state index in [0.29, 0.717) is 0 Å².